The van der Waals surface area contributed by atoms with Crippen LogP contribution in [-0.4, -0.2) is 90.4 Å². The quantitative estimate of drug-likeness (QED) is 0.187. The molecule has 0 aromatic carbocycles. The SMILES string of the molecule is C=CCCC(=O)C(=O)C(CC(=O)[C@@H]1[C@@H]2[C@H](CN1C(=O)[C@@H](NC(=O)N[C@H](CN1CCCS1(=O)=O)C(C)C)C(C)(C)C)C2(C)C)CC1CC1. The molecule has 264 valence electrons. The van der Waals surface area contributed by atoms with Crippen LogP contribution in [-0.2, 0) is 29.2 Å². The van der Waals surface area contributed by atoms with E-state index in [-0.39, 0.29) is 60.0 Å². The fourth-order valence-corrected chi connectivity index (χ4v) is 9.11. The van der Waals surface area contributed by atoms with Crippen LogP contribution < -0.4 is 10.6 Å². The highest BCUT2D eigenvalue weighted by Crippen LogP contribution is 2.65. The minimum Gasteiger partial charge on any atom is -0.334 e. The van der Waals surface area contributed by atoms with Crippen molar-refractivity contribution < 1.29 is 32.4 Å². The molecule has 4 rings (SSSR count). The van der Waals surface area contributed by atoms with Gasteiger partial charge in [-0.1, -0.05) is 67.4 Å². The van der Waals surface area contributed by atoms with Gasteiger partial charge in [0.2, 0.25) is 21.7 Å². The number of amides is 3. The van der Waals surface area contributed by atoms with Crippen molar-refractivity contribution in [2.45, 2.75) is 112 Å². The molecule has 1 unspecified atom stereocenters. The molecule has 3 amide bonds. The lowest BCUT2D eigenvalue weighted by atomic mass is 9.83. The first-order chi connectivity index (χ1) is 21.8. The molecular formula is C35H56N4O7S. The van der Waals surface area contributed by atoms with Gasteiger partial charge in [-0.15, -0.1) is 6.58 Å². The van der Waals surface area contributed by atoms with Gasteiger partial charge < -0.3 is 15.5 Å². The van der Waals surface area contributed by atoms with E-state index in [0.29, 0.717) is 38.3 Å². The number of piperidine rings is 1. The average molecular weight is 677 g/mol. The summed E-state index contributed by atoms with van der Waals surface area (Å²) in [4.78, 5) is 69.4. The fraction of sp³-hybridized carbons (Fsp3) is 0.800. The molecule has 4 fully saturated rings. The summed E-state index contributed by atoms with van der Waals surface area (Å²) < 4.78 is 26.3. The standard InChI is InChI=1S/C35H56N4O7S/c1-9-10-12-26(40)30(42)23(17-22-13-14-22)18-27(41)29-28-24(35(28,7)8)19-39(29)32(43)31(34(4,5)6)37-33(44)36-25(21(2)3)20-38-15-11-16-47(38,45)46/h9,21-25,28-29,31H,1,10-20H2,2-8H3,(H2,36,37,44)/t23?,24-,25+,28-,29+,31+/m0/s1. The highest BCUT2D eigenvalue weighted by molar-refractivity contribution is 7.89. The number of Topliss-reactive ketones (excluding diaryl/α,β-unsaturated/α-hetero) is 3. The molecule has 11 nitrogen and oxygen atoms in total. The summed E-state index contributed by atoms with van der Waals surface area (Å²) in [6.45, 7) is 18.1. The van der Waals surface area contributed by atoms with Gasteiger partial charge in [-0.3, -0.25) is 19.2 Å². The minimum absolute atomic E-state index is 0.0609. The third-order valence-electron chi connectivity index (χ3n) is 10.9. The maximum absolute atomic E-state index is 14.4. The number of sulfonamides is 1. The first kappa shape index (κ1) is 37.2. The van der Waals surface area contributed by atoms with Crippen molar-refractivity contribution in [1.29, 1.82) is 0 Å². The molecule has 2 heterocycles. The second kappa shape index (κ2) is 14.1. The number of hydrogen-bond donors (Lipinski definition) is 2. The van der Waals surface area contributed by atoms with Gasteiger partial charge in [0, 0.05) is 44.4 Å². The van der Waals surface area contributed by atoms with Crippen LogP contribution in [0.3, 0.4) is 0 Å². The Morgan fingerprint density at radius 1 is 1.06 bits per heavy atom. The molecule has 2 saturated heterocycles. The summed E-state index contributed by atoms with van der Waals surface area (Å²) in [7, 11) is -3.35. The molecule has 2 aliphatic heterocycles. The number of allylic oxidation sites excluding steroid dienone is 1. The molecule has 0 spiro atoms. The van der Waals surface area contributed by atoms with Gasteiger partial charge in [0.1, 0.15) is 6.04 Å². The number of ketones is 3. The Kier molecular flexibility index (Phi) is 11.2. The minimum atomic E-state index is -3.35. The number of hydrogen-bond acceptors (Lipinski definition) is 7. The lowest BCUT2D eigenvalue weighted by molar-refractivity contribution is -0.144. The topological polar surface area (TPSA) is 150 Å². The summed E-state index contributed by atoms with van der Waals surface area (Å²) in [5, 5.41) is 5.79. The predicted octanol–water partition coefficient (Wildman–Crippen LogP) is 3.72. The molecule has 4 aliphatic rings. The van der Waals surface area contributed by atoms with E-state index in [2.05, 4.69) is 31.1 Å². The molecule has 0 aromatic rings. The van der Waals surface area contributed by atoms with Gasteiger partial charge in [-0.05, 0) is 53.8 Å². The lowest BCUT2D eigenvalue weighted by Crippen LogP contribution is -2.61. The zero-order chi connectivity index (χ0) is 35.1. The van der Waals surface area contributed by atoms with Crippen LogP contribution in [0.15, 0.2) is 12.7 Å². The molecule has 2 saturated carbocycles. The van der Waals surface area contributed by atoms with E-state index in [1.165, 1.54) is 4.31 Å². The first-order valence-corrected chi connectivity index (χ1v) is 19.0. The number of nitrogens with zero attached hydrogens (tertiary/aromatic N) is 2. The van der Waals surface area contributed by atoms with E-state index < -0.39 is 57.1 Å². The molecule has 2 aliphatic carbocycles. The summed E-state index contributed by atoms with van der Waals surface area (Å²) in [5.41, 5.74) is -0.854. The van der Waals surface area contributed by atoms with Crippen molar-refractivity contribution >= 4 is 39.3 Å². The largest absolute Gasteiger partial charge is 0.334 e. The number of urea groups is 1. The smallest absolute Gasteiger partial charge is 0.315 e. The van der Waals surface area contributed by atoms with Crippen molar-refractivity contribution in [1.82, 2.24) is 19.8 Å². The van der Waals surface area contributed by atoms with E-state index in [1.54, 1.807) is 11.0 Å². The summed E-state index contributed by atoms with van der Waals surface area (Å²) >= 11 is 0. The summed E-state index contributed by atoms with van der Waals surface area (Å²) in [6, 6.07) is -2.75. The zero-order valence-electron chi connectivity index (χ0n) is 29.3. The van der Waals surface area contributed by atoms with E-state index in [0.717, 1.165) is 12.8 Å². The van der Waals surface area contributed by atoms with Crippen LogP contribution in [0.2, 0.25) is 0 Å². The van der Waals surface area contributed by atoms with Crippen molar-refractivity contribution in [2.75, 3.05) is 25.4 Å². The van der Waals surface area contributed by atoms with Gasteiger partial charge in [0.25, 0.3) is 0 Å². The van der Waals surface area contributed by atoms with E-state index in [1.807, 2.05) is 34.6 Å². The Balaban J connectivity index is 1.50. The Labute approximate surface area is 281 Å². The third-order valence-corrected chi connectivity index (χ3v) is 12.8. The van der Waals surface area contributed by atoms with Gasteiger partial charge in [0.05, 0.1) is 11.8 Å². The Bertz CT molecular complexity index is 1360. The predicted molar refractivity (Wildman–Crippen MR) is 180 cm³/mol. The maximum atomic E-state index is 14.4. The summed E-state index contributed by atoms with van der Waals surface area (Å²) in [6.07, 6.45) is 5.03. The van der Waals surface area contributed by atoms with Crippen molar-refractivity contribution in [3.8, 4) is 0 Å². The number of likely N-dealkylation sites (tertiary alicyclic amines) is 1. The number of carbonyl (C=O) groups excluding carboxylic acids is 5. The lowest BCUT2D eigenvalue weighted by Gasteiger charge is -2.38. The van der Waals surface area contributed by atoms with Crippen LogP contribution in [0.4, 0.5) is 4.79 Å². The van der Waals surface area contributed by atoms with Gasteiger partial charge in [-0.25, -0.2) is 13.2 Å². The zero-order valence-corrected chi connectivity index (χ0v) is 30.2. The second-order valence-electron chi connectivity index (χ2n) is 16.3. The van der Waals surface area contributed by atoms with Crippen LogP contribution in [0.25, 0.3) is 0 Å². The highest BCUT2D eigenvalue weighted by Gasteiger charge is 2.69. The fourth-order valence-electron chi connectivity index (χ4n) is 7.56. The maximum Gasteiger partial charge on any atom is 0.315 e. The number of rotatable bonds is 16. The number of nitrogens with one attached hydrogen (secondary N) is 2. The van der Waals surface area contributed by atoms with Crippen LogP contribution in [0, 0.1) is 40.4 Å². The number of fused-ring (bicyclic) bond motifs is 1. The van der Waals surface area contributed by atoms with Crippen LogP contribution in [0.5, 0.6) is 0 Å². The first-order valence-electron chi connectivity index (χ1n) is 17.4. The van der Waals surface area contributed by atoms with Crippen molar-refractivity contribution in [3.05, 3.63) is 12.7 Å². The molecule has 2 N–H and O–H groups in total. The average Bonchev–Trinajstić information content (AvgIpc) is 3.77. The molecule has 0 bridgehead atoms. The number of carbonyl (C=O) groups is 5. The van der Waals surface area contributed by atoms with E-state index in [4.69, 9.17) is 0 Å². The third kappa shape index (κ3) is 8.53. The molecule has 12 heteroatoms. The van der Waals surface area contributed by atoms with Gasteiger partial charge in [-0.2, -0.15) is 4.31 Å². The molecule has 0 radical (unpaired) electrons. The monoisotopic (exact) mass is 676 g/mol. The van der Waals surface area contributed by atoms with Crippen LogP contribution in [0.1, 0.15) is 93.4 Å². The molecule has 0 aromatic heterocycles. The Hall–Kier alpha value is -2.60. The van der Waals surface area contributed by atoms with E-state index in [9.17, 15) is 32.4 Å². The van der Waals surface area contributed by atoms with Gasteiger partial charge >= 0.3 is 6.03 Å². The van der Waals surface area contributed by atoms with E-state index >= 15 is 0 Å². The van der Waals surface area contributed by atoms with Crippen molar-refractivity contribution in [2.24, 2.45) is 40.4 Å². The highest BCUT2D eigenvalue weighted by atomic mass is 32.2. The van der Waals surface area contributed by atoms with Gasteiger partial charge in [0.15, 0.2) is 11.6 Å². The molecular weight excluding hydrogens is 620 g/mol. The Morgan fingerprint density at radius 3 is 2.26 bits per heavy atom. The normalized spacial score (nSPS) is 26.6. The molecule has 47 heavy (non-hydrogen) atoms. The summed E-state index contributed by atoms with van der Waals surface area (Å²) in [5.74, 6) is -1.79. The van der Waals surface area contributed by atoms with Crippen molar-refractivity contribution in [3.63, 3.8) is 0 Å². The Morgan fingerprint density at radius 2 is 1.72 bits per heavy atom. The van der Waals surface area contributed by atoms with Crippen LogP contribution >= 0.6 is 0 Å². The second-order valence-corrected chi connectivity index (χ2v) is 18.4. The molecule has 6 atom stereocenters.